The van der Waals surface area contributed by atoms with Gasteiger partial charge in [0.05, 0.1) is 6.54 Å². The quantitative estimate of drug-likeness (QED) is 0.893. The van der Waals surface area contributed by atoms with Crippen LogP contribution in [0.4, 0.5) is 11.6 Å². The highest BCUT2D eigenvalue weighted by Crippen LogP contribution is 2.21. The number of anilines is 2. The third kappa shape index (κ3) is 2.97. The monoisotopic (exact) mass is 288 g/mol. The summed E-state index contributed by atoms with van der Waals surface area (Å²) < 4.78 is 7.60. The number of hydrogen-bond acceptors (Lipinski definition) is 6. The van der Waals surface area contributed by atoms with Crippen molar-refractivity contribution in [3.63, 3.8) is 0 Å². The van der Waals surface area contributed by atoms with Gasteiger partial charge in [0.1, 0.15) is 24.1 Å². The van der Waals surface area contributed by atoms with Gasteiger partial charge in [0, 0.05) is 45.2 Å². The van der Waals surface area contributed by atoms with Crippen LogP contribution >= 0.6 is 0 Å². The number of imidazole rings is 1. The van der Waals surface area contributed by atoms with Crippen LogP contribution in [0.15, 0.2) is 18.5 Å². The van der Waals surface area contributed by atoms with Crippen molar-refractivity contribution in [1.82, 2.24) is 19.5 Å². The van der Waals surface area contributed by atoms with E-state index >= 15 is 0 Å². The van der Waals surface area contributed by atoms with Crippen LogP contribution in [-0.2, 0) is 24.4 Å². The molecule has 21 heavy (non-hydrogen) atoms. The normalized spacial score (nSPS) is 14.1. The molecule has 2 aromatic heterocycles. The molecule has 0 fully saturated rings. The summed E-state index contributed by atoms with van der Waals surface area (Å²) >= 11 is 0. The van der Waals surface area contributed by atoms with Crippen LogP contribution in [-0.4, -0.2) is 39.7 Å². The van der Waals surface area contributed by atoms with Crippen LogP contribution < -0.4 is 10.2 Å². The van der Waals surface area contributed by atoms with Crippen molar-refractivity contribution in [1.29, 1.82) is 0 Å². The first-order chi connectivity index (χ1) is 10.3. The van der Waals surface area contributed by atoms with Gasteiger partial charge >= 0.3 is 0 Å². The van der Waals surface area contributed by atoms with Crippen molar-refractivity contribution in [2.75, 3.05) is 30.4 Å². The lowest BCUT2D eigenvalue weighted by molar-refractivity contribution is 0.128. The van der Waals surface area contributed by atoms with E-state index < -0.39 is 0 Å². The van der Waals surface area contributed by atoms with Crippen molar-refractivity contribution in [3.8, 4) is 0 Å². The van der Waals surface area contributed by atoms with Gasteiger partial charge < -0.3 is 19.5 Å². The second-order valence-corrected chi connectivity index (χ2v) is 4.87. The van der Waals surface area contributed by atoms with Crippen LogP contribution in [0, 0.1) is 0 Å². The zero-order valence-electron chi connectivity index (χ0n) is 12.4. The SMILES string of the molecule is CCOCc1nc(NC)cc(N2CCn3ccnc3C2)n1. The van der Waals surface area contributed by atoms with Crippen molar-refractivity contribution in [2.45, 2.75) is 26.6 Å². The van der Waals surface area contributed by atoms with E-state index in [-0.39, 0.29) is 0 Å². The number of fused-ring (bicyclic) bond motifs is 1. The third-order valence-electron chi connectivity index (χ3n) is 3.52. The van der Waals surface area contributed by atoms with E-state index in [0.29, 0.717) is 19.0 Å². The Bertz CT molecular complexity index is 611. The lowest BCUT2D eigenvalue weighted by atomic mass is 10.3. The molecule has 3 rings (SSSR count). The standard InChI is InChI=1S/C14H20N6O/c1-3-21-10-12-17-11(15-2)8-13(18-12)20-7-6-19-5-4-16-14(19)9-20/h4-5,8H,3,6-7,9-10H2,1-2H3,(H,15,17,18). The minimum atomic E-state index is 0.432. The van der Waals surface area contributed by atoms with Gasteiger partial charge in [-0.3, -0.25) is 0 Å². The first-order valence-electron chi connectivity index (χ1n) is 7.18. The van der Waals surface area contributed by atoms with Gasteiger partial charge in [-0.2, -0.15) is 0 Å². The molecule has 7 nitrogen and oxygen atoms in total. The van der Waals surface area contributed by atoms with E-state index in [1.807, 2.05) is 32.4 Å². The smallest absolute Gasteiger partial charge is 0.158 e. The molecule has 1 aliphatic heterocycles. The largest absolute Gasteiger partial charge is 0.374 e. The van der Waals surface area contributed by atoms with Crippen LogP contribution in [0.3, 0.4) is 0 Å². The Labute approximate surface area is 124 Å². The van der Waals surface area contributed by atoms with Gasteiger partial charge in [-0.15, -0.1) is 0 Å². The summed E-state index contributed by atoms with van der Waals surface area (Å²) in [6.07, 6.45) is 3.87. The zero-order chi connectivity index (χ0) is 14.7. The Hall–Kier alpha value is -2.15. The number of rotatable bonds is 5. The van der Waals surface area contributed by atoms with E-state index in [9.17, 15) is 0 Å². The zero-order valence-corrected chi connectivity index (χ0v) is 12.4. The molecule has 0 spiro atoms. The number of nitrogens with one attached hydrogen (secondary N) is 1. The van der Waals surface area contributed by atoms with Crippen LogP contribution in [0.2, 0.25) is 0 Å². The highest BCUT2D eigenvalue weighted by Gasteiger charge is 2.19. The molecule has 1 aliphatic rings. The van der Waals surface area contributed by atoms with Crippen molar-refractivity contribution in [3.05, 3.63) is 30.1 Å². The van der Waals surface area contributed by atoms with E-state index in [1.54, 1.807) is 0 Å². The van der Waals surface area contributed by atoms with Crippen molar-refractivity contribution in [2.24, 2.45) is 0 Å². The van der Waals surface area contributed by atoms with Crippen molar-refractivity contribution < 1.29 is 4.74 Å². The van der Waals surface area contributed by atoms with Crippen LogP contribution in [0.25, 0.3) is 0 Å². The van der Waals surface area contributed by atoms with Gasteiger partial charge in [0.2, 0.25) is 0 Å². The molecule has 0 unspecified atom stereocenters. The maximum atomic E-state index is 5.42. The van der Waals surface area contributed by atoms with Gasteiger partial charge in [-0.05, 0) is 6.92 Å². The molecular weight excluding hydrogens is 268 g/mol. The molecule has 3 heterocycles. The summed E-state index contributed by atoms with van der Waals surface area (Å²) in [4.78, 5) is 15.6. The minimum Gasteiger partial charge on any atom is -0.374 e. The molecule has 0 radical (unpaired) electrons. The van der Waals surface area contributed by atoms with Gasteiger partial charge in [0.25, 0.3) is 0 Å². The van der Waals surface area contributed by atoms with E-state index in [0.717, 1.165) is 37.1 Å². The first-order valence-corrected chi connectivity index (χ1v) is 7.18. The van der Waals surface area contributed by atoms with Crippen LogP contribution in [0.1, 0.15) is 18.6 Å². The molecular formula is C14H20N6O. The Morgan fingerprint density at radius 3 is 3.05 bits per heavy atom. The summed E-state index contributed by atoms with van der Waals surface area (Å²) in [6, 6.07) is 1.97. The van der Waals surface area contributed by atoms with Crippen LogP contribution in [0.5, 0.6) is 0 Å². The first kappa shape index (κ1) is 13.8. The minimum absolute atomic E-state index is 0.432. The molecule has 0 saturated heterocycles. The van der Waals surface area contributed by atoms with Gasteiger partial charge in [0.15, 0.2) is 5.82 Å². The summed E-state index contributed by atoms with van der Waals surface area (Å²) in [5.74, 6) is 3.49. The second-order valence-electron chi connectivity index (χ2n) is 4.87. The number of ether oxygens (including phenoxy) is 1. The fourth-order valence-electron chi connectivity index (χ4n) is 2.40. The summed E-state index contributed by atoms with van der Waals surface area (Å²) in [7, 11) is 1.86. The predicted molar refractivity (Wildman–Crippen MR) is 80.2 cm³/mol. The summed E-state index contributed by atoms with van der Waals surface area (Å²) in [5.41, 5.74) is 0. The molecule has 7 heteroatoms. The number of nitrogens with zero attached hydrogens (tertiary/aromatic N) is 5. The van der Waals surface area contributed by atoms with Crippen molar-refractivity contribution >= 4 is 11.6 Å². The average molecular weight is 288 g/mol. The van der Waals surface area contributed by atoms with Gasteiger partial charge in [-0.1, -0.05) is 0 Å². The highest BCUT2D eigenvalue weighted by molar-refractivity contribution is 5.49. The maximum Gasteiger partial charge on any atom is 0.158 e. The highest BCUT2D eigenvalue weighted by atomic mass is 16.5. The number of aromatic nitrogens is 4. The molecule has 0 aliphatic carbocycles. The van der Waals surface area contributed by atoms with E-state index in [1.165, 1.54) is 0 Å². The summed E-state index contributed by atoms with van der Waals surface area (Å²) in [6.45, 7) is 5.66. The molecule has 1 N–H and O–H groups in total. The molecule has 0 aromatic carbocycles. The molecule has 2 aromatic rings. The summed E-state index contributed by atoms with van der Waals surface area (Å²) in [5, 5.41) is 3.08. The lowest BCUT2D eigenvalue weighted by Gasteiger charge is -2.29. The molecule has 0 saturated carbocycles. The average Bonchev–Trinajstić information content (AvgIpc) is 3.00. The molecule has 0 atom stereocenters. The molecule has 0 bridgehead atoms. The second kappa shape index (κ2) is 6.09. The Morgan fingerprint density at radius 2 is 2.24 bits per heavy atom. The molecule has 0 amide bonds. The lowest BCUT2D eigenvalue weighted by Crippen LogP contribution is -2.34. The van der Waals surface area contributed by atoms with E-state index in [2.05, 4.69) is 29.7 Å². The van der Waals surface area contributed by atoms with Gasteiger partial charge in [-0.25, -0.2) is 15.0 Å². The Kier molecular flexibility index (Phi) is 4.01. The van der Waals surface area contributed by atoms with E-state index in [4.69, 9.17) is 4.74 Å². The third-order valence-corrected chi connectivity index (χ3v) is 3.52. The fraction of sp³-hybridized carbons (Fsp3) is 0.500. The molecule has 112 valence electrons. The number of hydrogen-bond donors (Lipinski definition) is 1. The fourth-order valence-corrected chi connectivity index (χ4v) is 2.40. The topological polar surface area (TPSA) is 68.1 Å². The Balaban J connectivity index is 1.84. The maximum absolute atomic E-state index is 5.42. The predicted octanol–water partition coefficient (Wildman–Crippen LogP) is 1.27. The Morgan fingerprint density at radius 1 is 1.33 bits per heavy atom.